The van der Waals surface area contributed by atoms with E-state index in [1.165, 1.54) is 31.5 Å². The molecule has 17 heteroatoms. The third kappa shape index (κ3) is 6.25. The summed E-state index contributed by atoms with van der Waals surface area (Å²) >= 11 is 0. The maximum atomic E-state index is 13.8. The number of carbonyl (C=O) groups excluding carboxylic acids is 2. The van der Waals surface area contributed by atoms with E-state index in [4.69, 9.17) is 24.3 Å². The zero-order valence-electron chi connectivity index (χ0n) is 22.3. The van der Waals surface area contributed by atoms with Crippen LogP contribution in [0, 0.1) is 11.3 Å². The van der Waals surface area contributed by atoms with Gasteiger partial charge in [-0.25, -0.2) is 14.5 Å². The van der Waals surface area contributed by atoms with Crippen LogP contribution in [0.5, 0.6) is 5.75 Å². The summed E-state index contributed by atoms with van der Waals surface area (Å²) in [5.41, 5.74) is 3.27. The maximum absolute atomic E-state index is 13.8. The minimum absolute atomic E-state index is 0.131. The van der Waals surface area contributed by atoms with Crippen LogP contribution in [0.25, 0.3) is 0 Å². The predicted molar refractivity (Wildman–Crippen MR) is 142 cm³/mol. The summed E-state index contributed by atoms with van der Waals surface area (Å²) in [5.74, 6) is -1.51. The Bertz CT molecular complexity index is 1350. The first-order valence-electron chi connectivity index (χ1n) is 12.5. The number of guanidine groups is 1. The van der Waals surface area contributed by atoms with E-state index < -0.39 is 68.6 Å². The number of fused-ring (bicyclic) bond motifs is 1. The molecular weight excluding hydrogens is 561 g/mol. The summed E-state index contributed by atoms with van der Waals surface area (Å²) in [6.45, 7) is 4.03. The van der Waals surface area contributed by atoms with Crippen molar-refractivity contribution in [3.05, 3.63) is 42.7 Å². The number of nitriles is 1. The molecule has 1 fully saturated rings. The van der Waals surface area contributed by atoms with Gasteiger partial charge < -0.3 is 34.8 Å². The van der Waals surface area contributed by atoms with Crippen molar-refractivity contribution in [1.82, 2.24) is 15.3 Å². The van der Waals surface area contributed by atoms with E-state index in [-0.39, 0.29) is 17.4 Å². The van der Waals surface area contributed by atoms with Crippen molar-refractivity contribution in [1.29, 1.82) is 5.26 Å². The van der Waals surface area contributed by atoms with Gasteiger partial charge in [-0.2, -0.15) is 10.3 Å². The van der Waals surface area contributed by atoms with Gasteiger partial charge in [0, 0.05) is 12.4 Å². The van der Waals surface area contributed by atoms with Crippen molar-refractivity contribution in [2.45, 2.75) is 63.1 Å². The molecule has 0 aromatic heterocycles. The molecule has 0 bridgehead atoms. The molecule has 4 rings (SSSR count). The van der Waals surface area contributed by atoms with Crippen LogP contribution in [0.4, 0.5) is 0 Å². The zero-order chi connectivity index (χ0) is 29.9. The number of nitrogens with two attached hydrogens (primary N) is 1. The van der Waals surface area contributed by atoms with Gasteiger partial charge in [0.25, 0.3) is 11.6 Å². The molecule has 3 unspecified atom stereocenters. The van der Waals surface area contributed by atoms with Gasteiger partial charge in [0.05, 0.1) is 12.7 Å². The largest absolute Gasteiger partial charge is 0.462 e. The lowest BCUT2D eigenvalue weighted by atomic mass is 10.0. The first-order chi connectivity index (χ1) is 19.4. The molecule has 7 atom stereocenters. The van der Waals surface area contributed by atoms with E-state index in [9.17, 15) is 29.6 Å². The van der Waals surface area contributed by atoms with Gasteiger partial charge in [0.2, 0.25) is 0 Å². The van der Waals surface area contributed by atoms with Crippen molar-refractivity contribution in [2.75, 3.05) is 6.61 Å². The van der Waals surface area contributed by atoms with Gasteiger partial charge in [-0.3, -0.25) is 19.4 Å². The maximum Gasteiger partial charge on any atom is 0.459 e. The molecule has 1 amide bonds. The lowest BCUT2D eigenvalue weighted by molar-refractivity contribution is -0.149. The molecule has 3 aliphatic heterocycles. The van der Waals surface area contributed by atoms with Crippen LogP contribution in [-0.2, 0) is 28.2 Å². The fraction of sp³-hybridized carbons (Fsp3) is 0.458. The number of nitrogens with one attached hydrogen (secondary N) is 2. The summed E-state index contributed by atoms with van der Waals surface area (Å²) in [4.78, 5) is 33.9. The van der Waals surface area contributed by atoms with Gasteiger partial charge in [0.15, 0.2) is 17.8 Å². The second-order valence-corrected chi connectivity index (χ2v) is 11.2. The molecule has 1 saturated heterocycles. The Kier molecular flexibility index (Phi) is 8.78. The summed E-state index contributed by atoms with van der Waals surface area (Å²) in [6.07, 6.45) is -4.31. The second-order valence-electron chi connectivity index (χ2n) is 9.50. The average Bonchev–Trinajstić information content (AvgIpc) is 3.17. The summed E-state index contributed by atoms with van der Waals surface area (Å²) in [7, 11) is -4.36. The molecule has 3 aliphatic rings. The topological polar surface area (TPSA) is 230 Å². The number of nitrogens with zero attached hydrogens (tertiary/aromatic N) is 4. The number of ether oxygens (including phenoxy) is 2. The Balaban J connectivity index is 1.56. The minimum atomic E-state index is -4.36. The van der Waals surface area contributed by atoms with Crippen LogP contribution >= 0.6 is 7.75 Å². The number of amides is 1. The van der Waals surface area contributed by atoms with Crippen molar-refractivity contribution in [3.63, 3.8) is 0 Å². The normalized spacial score (nSPS) is 29.4. The van der Waals surface area contributed by atoms with Gasteiger partial charge in [0.1, 0.15) is 36.2 Å². The molecule has 16 nitrogen and oxygen atoms in total. The number of aliphatic hydroxyl groups is 2. The molecule has 41 heavy (non-hydrogen) atoms. The fourth-order valence-corrected chi connectivity index (χ4v) is 5.71. The van der Waals surface area contributed by atoms with Gasteiger partial charge in [-0.1, -0.05) is 18.2 Å². The quantitative estimate of drug-likeness (QED) is 0.170. The number of aliphatic imine (C=N–C) groups is 2. The Morgan fingerprint density at radius 2 is 2.05 bits per heavy atom. The molecule has 1 aromatic carbocycles. The van der Waals surface area contributed by atoms with Crippen LogP contribution in [0.15, 0.2) is 52.7 Å². The first kappa shape index (κ1) is 30.1. The van der Waals surface area contributed by atoms with Crippen LogP contribution in [-0.4, -0.2) is 87.6 Å². The van der Waals surface area contributed by atoms with Gasteiger partial charge >= 0.3 is 13.7 Å². The van der Waals surface area contributed by atoms with Crippen LogP contribution < -0.4 is 20.7 Å². The fourth-order valence-electron chi connectivity index (χ4n) is 4.21. The molecule has 0 saturated carbocycles. The number of hydrogen-bond acceptors (Lipinski definition) is 14. The van der Waals surface area contributed by atoms with E-state index >= 15 is 0 Å². The number of para-hydroxylation sites is 1. The molecule has 1 aromatic rings. The van der Waals surface area contributed by atoms with Crippen molar-refractivity contribution < 1.29 is 42.9 Å². The van der Waals surface area contributed by atoms with E-state index in [2.05, 4.69) is 20.4 Å². The number of aliphatic hydroxyl groups excluding tert-OH is 2. The Labute approximate surface area is 235 Å². The summed E-state index contributed by atoms with van der Waals surface area (Å²) < 4.78 is 35.9. The third-order valence-corrected chi connectivity index (χ3v) is 7.74. The number of carbonyl (C=O) groups is 2. The van der Waals surface area contributed by atoms with Gasteiger partial charge in [-0.15, -0.1) is 0 Å². The monoisotopic (exact) mass is 591 g/mol. The Hall–Kier alpha value is -3.84. The van der Waals surface area contributed by atoms with Crippen LogP contribution in [0.1, 0.15) is 20.8 Å². The lowest BCUT2D eigenvalue weighted by Crippen LogP contribution is -2.63. The second kappa shape index (κ2) is 12.0. The zero-order valence-corrected chi connectivity index (χ0v) is 23.2. The van der Waals surface area contributed by atoms with Crippen LogP contribution in [0.2, 0.25) is 0 Å². The van der Waals surface area contributed by atoms with Gasteiger partial charge in [-0.05, 0) is 32.9 Å². The third-order valence-electron chi connectivity index (χ3n) is 6.10. The highest BCUT2D eigenvalue weighted by Gasteiger charge is 2.61. The van der Waals surface area contributed by atoms with Crippen LogP contribution in [0.3, 0.4) is 0 Å². The van der Waals surface area contributed by atoms with E-state index in [0.717, 1.165) is 4.90 Å². The Morgan fingerprint density at radius 1 is 1.34 bits per heavy atom. The highest BCUT2D eigenvalue weighted by molar-refractivity contribution is 7.52. The van der Waals surface area contributed by atoms with E-state index in [1.54, 1.807) is 32.0 Å². The number of rotatable bonds is 10. The Morgan fingerprint density at radius 3 is 2.71 bits per heavy atom. The minimum Gasteiger partial charge on any atom is -0.462 e. The number of esters is 1. The smallest absolute Gasteiger partial charge is 0.459 e. The predicted octanol–water partition coefficient (Wildman–Crippen LogP) is -0.541. The first-order valence-corrected chi connectivity index (χ1v) is 14.0. The SMILES string of the molecule is CC(C)OC(=O)C(C)NP(=O)(OC[C@H]1O[C@@](C#N)(N2C=CN=C3C(=O)NC(N)=NC32)[C@H](O)[C@@H]1O)Oc1ccccc1. The standard InChI is InChI=1S/C24H30N7O9P/c1-13(2)38-22(35)14(3)30-41(36,40-15-7-5-4-6-8-15)37-11-16-18(32)19(33)24(12-25,39-16)31-10-9-27-17-20(31)28-23(26)29-21(17)34/h4-10,13-14,16,18-20,32-33H,11H2,1-3H3,(H,30,36)(H3,26,28,29,34)/t14?,16-,18-,19-,20?,24-,41?/m1/s1. The molecule has 0 radical (unpaired) electrons. The molecule has 6 N–H and O–H groups in total. The molecule has 220 valence electrons. The average molecular weight is 592 g/mol. The lowest BCUT2D eigenvalue weighted by Gasteiger charge is -2.42. The number of benzene rings is 1. The molecular formula is C24H30N7O9P. The highest BCUT2D eigenvalue weighted by atomic mass is 31.2. The number of hydrogen-bond donors (Lipinski definition) is 5. The molecule has 0 aliphatic carbocycles. The van der Waals surface area contributed by atoms with Crippen molar-refractivity contribution >= 4 is 31.3 Å². The van der Waals surface area contributed by atoms with Crippen molar-refractivity contribution in [3.8, 4) is 11.8 Å². The van der Waals surface area contributed by atoms with E-state index in [1.807, 2.05) is 6.07 Å². The highest BCUT2D eigenvalue weighted by Crippen LogP contribution is 2.46. The summed E-state index contributed by atoms with van der Waals surface area (Å²) in [6, 6.07) is 8.68. The molecule has 0 spiro atoms. The summed E-state index contributed by atoms with van der Waals surface area (Å²) in [5, 5.41) is 36.8. The van der Waals surface area contributed by atoms with Crippen molar-refractivity contribution in [2.24, 2.45) is 15.7 Å². The molecule has 3 heterocycles. The van der Waals surface area contributed by atoms with E-state index in [0.29, 0.717) is 0 Å².